The Morgan fingerprint density at radius 1 is 0.833 bits per heavy atom. The van der Waals surface area contributed by atoms with Crippen molar-refractivity contribution in [3.63, 3.8) is 0 Å². The molecule has 0 aliphatic carbocycles. The quantitative estimate of drug-likeness (QED) is 0.383. The van der Waals surface area contributed by atoms with Crippen LogP contribution in [0.3, 0.4) is 0 Å². The van der Waals surface area contributed by atoms with Crippen molar-refractivity contribution in [2.24, 2.45) is 0 Å². The maximum atomic E-state index is 7.77. The van der Waals surface area contributed by atoms with Gasteiger partial charge >= 0.3 is 29.3 Å². The minimum atomic E-state index is -3.61. The van der Waals surface area contributed by atoms with E-state index in [4.69, 9.17) is 24.2 Å². The third-order valence-corrected chi connectivity index (χ3v) is 3.26. The molecule has 0 fully saturated rings. The van der Waals surface area contributed by atoms with Gasteiger partial charge in [0.05, 0.1) is 6.61 Å². The van der Waals surface area contributed by atoms with Crippen molar-refractivity contribution in [3.05, 3.63) is 54.6 Å². The van der Waals surface area contributed by atoms with Gasteiger partial charge in [-0.15, -0.1) is 0 Å². The van der Waals surface area contributed by atoms with Crippen molar-refractivity contribution in [3.8, 4) is 5.75 Å². The van der Waals surface area contributed by atoms with Crippen LogP contribution in [0.25, 0.3) is 21.5 Å². The summed E-state index contributed by atoms with van der Waals surface area (Å²) in [5, 5.41) is 4.71. The fraction of sp³-hybridized carbons (Fsp3) is 0.222. The molecule has 130 valence electrons. The van der Waals surface area contributed by atoms with Gasteiger partial charge in [-0.05, 0) is 16.8 Å². The molecule has 5 nitrogen and oxygen atoms in total. The molecule has 0 aromatic heterocycles. The normalized spacial score (nSPS) is 11.9. The summed E-state index contributed by atoms with van der Waals surface area (Å²) in [7, 11) is -1.93. The van der Waals surface area contributed by atoms with E-state index >= 15 is 0 Å². The molecule has 3 aromatic carbocycles. The molecule has 0 saturated heterocycles. The Bertz CT molecular complexity index is 738. The zero-order valence-electron chi connectivity index (χ0n) is 13.8. The van der Waals surface area contributed by atoms with Crippen LogP contribution in [-0.2, 0) is 4.74 Å². The van der Waals surface area contributed by atoms with E-state index in [0.29, 0.717) is 13.2 Å². The van der Waals surface area contributed by atoms with E-state index in [1.54, 1.807) is 7.11 Å². The Hall–Kier alpha value is -1.75. The number of fused-ring (bicyclic) bond motifs is 2. The van der Waals surface area contributed by atoms with Gasteiger partial charge in [0.1, 0.15) is 12.4 Å². The first-order valence-corrected chi connectivity index (χ1v) is 9.93. The molecule has 3 N–H and O–H groups in total. The summed E-state index contributed by atoms with van der Waals surface area (Å²) < 4.78 is 11.0. The molecule has 3 aromatic rings. The molecule has 0 atom stereocenters. The van der Waals surface area contributed by atoms with Crippen molar-refractivity contribution in [1.82, 2.24) is 0 Å². The molecule has 0 spiro atoms. The molecular weight excluding hydrogens is 327 g/mol. The van der Waals surface area contributed by atoms with Gasteiger partial charge in [-0.25, -0.2) is 0 Å². The van der Waals surface area contributed by atoms with E-state index in [0.717, 1.165) is 23.2 Å². The van der Waals surface area contributed by atoms with E-state index in [-0.39, 0.29) is 0 Å². The number of ether oxygens (including phenoxy) is 2. The Morgan fingerprint density at radius 2 is 1.29 bits per heavy atom. The van der Waals surface area contributed by atoms with Crippen LogP contribution in [0, 0.1) is 0 Å². The molecule has 0 saturated carbocycles. The molecule has 0 aliphatic heterocycles. The van der Waals surface area contributed by atoms with Crippen LogP contribution in [0.1, 0.15) is 0 Å². The zero-order chi connectivity index (χ0) is 17.6. The number of benzene rings is 3. The second-order valence-corrected chi connectivity index (χ2v) is 7.40. The molecule has 0 aliphatic rings. The van der Waals surface area contributed by atoms with Crippen LogP contribution in [-0.4, -0.2) is 41.7 Å². The van der Waals surface area contributed by atoms with Gasteiger partial charge in [-0.2, -0.15) is 0 Å². The molecule has 0 heterocycles. The number of hydrogen-bond acceptors (Lipinski definition) is 5. The summed E-state index contributed by atoms with van der Waals surface area (Å²) in [5.41, 5.74) is 0. The first-order chi connectivity index (χ1) is 11.4. The first-order valence-electron chi connectivity index (χ1n) is 7.59. The predicted octanol–water partition coefficient (Wildman–Crippen LogP) is 3.11. The topological polar surface area (TPSA) is 79.2 Å². The second-order valence-electron chi connectivity index (χ2n) is 5.46. The summed E-state index contributed by atoms with van der Waals surface area (Å²) in [6, 6.07) is 18.8. The van der Waals surface area contributed by atoms with Gasteiger partial charge in [-0.1, -0.05) is 48.5 Å². The summed E-state index contributed by atoms with van der Waals surface area (Å²) in [5.74, 6) is 0.950. The number of hydrogen-bond donors (Lipinski definition) is 3. The fourth-order valence-electron chi connectivity index (χ4n) is 2.35. The van der Waals surface area contributed by atoms with Crippen molar-refractivity contribution in [2.45, 2.75) is 0 Å². The molecule has 0 radical (unpaired) electrons. The zero-order valence-corrected chi connectivity index (χ0v) is 14.8. The predicted molar refractivity (Wildman–Crippen MR) is 99.7 cm³/mol. The van der Waals surface area contributed by atoms with Crippen molar-refractivity contribution in [1.29, 1.82) is 0 Å². The van der Waals surface area contributed by atoms with E-state index < -0.39 is 7.94 Å². The second kappa shape index (κ2) is 8.38. The third-order valence-electron chi connectivity index (χ3n) is 3.26. The fourth-order valence-corrected chi connectivity index (χ4v) is 2.35. The van der Waals surface area contributed by atoms with E-state index in [1.165, 1.54) is 10.8 Å². The van der Waals surface area contributed by atoms with Gasteiger partial charge in [0.25, 0.3) is 0 Å². The van der Waals surface area contributed by atoms with Crippen molar-refractivity contribution >= 4 is 29.5 Å². The number of methoxy groups -OCH3 is 1. The Balaban J connectivity index is 0.000000368. The van der Waals surface area contributed by atoms with E-state index in [2.05, 4.69) is 42.5 Å². The summed E-state index contributed by atoms with van der Waals surface area (Å²) in [6.07, 6.45) is 0. The SMILES string of the molecule is COCCOc1c2ccccc2cc2ccccc12.C[PH](O)(O)O. The van der Waals surface area contributed by atoms with Crippen molar-refractivity contribution in [2.75, 3.05) is 27.0 Å². The Labute approximate surface area is 141 Å². The van der Waals surface area contributed by atoms with E-state index in [1.807, 2.05) is 12.1 Å². The average Bonchev–Trinajstić information content (AvgIpc) is 2.53. The van der Waals surface area contributed by atoms with E-state index in [9.17, 15) is 0 Å². The third kappa shape index (κ3) is 5.41. The van der Waals surface area contributed by atoms with Crippen LogP contribution in [0.15, 0.2) is 54.6 Å². The first kappa shape index (κ1) is 18.6. The van der Waals surface area contributed by atoms with Crippen molar-refractivity contribution < 1.29 is 24.2 Å². The summed E-state index contributed by atoms with van der Waals surface area (Å²) >= 11 is 0. The van der Waals surface area contributed by atoms with Crippen LogP contribution < -0.4 is 4.74 Å². The molecular formula is C18H23O5P. The van der Waals surface area contributed by atoms with Crippen LogP contribution >= 0.6 is 7.94 Å². The molecule has 0 bridgehead atoms. The molecule has 0 amide bonds. The van der Waals surface area contributed by atoms with Crippen LogP contribution in [0.5, 0.6) is 5.75 Å². The average molecular weight is 350 g/mol. The van der Waals surface area contributed by atoms with Gasteiger partial charge < -0.3 is 9.47 Å². The number of rotatable bonds is 4. The van der Waals surface area contributed by atoms with Gasteiger partial charge in [0.15, 0.2) is 0 Å². The molecule has 24 heavy (non-hydrogen) atoms. The van der Waals surface area contributed by atoms with Crippen LogP contribution in [0.4, 0.5) is 0 Å². The van der Waals surface area contributed by atoms with Crippen LogP contribution in [0.2, 0.25) is 0 Å². The maximum absolute atomic E-state index is 7.77. The Kier molecular flexibility index (Phi) is 6.49. The van der Waals surface area contributed by atoms with Gasteiger partial charge in [0, 0.05) is 17.9 Å². The minimum absolute atomic E-state index is 0.564. The van der Waals surface area contributed by atoms with Gasteiger partial charge in [0.2, 0.25) is 0 Å². The Morgan fingerprint density at radius 3 is 1.75 bits per heavy atom. The molecule has 0 unspecified atom stereocenters. The monoisotopic (exact) mass is 350 g/mol. The molecule has 6 heteroatoms. The van der Waals surface area contributed by atoms with Gasteiger partial charge in [-0.3, -0.25) is 0 Å². The summed E-state index contributed by atoms with van der Waals surface area (Å²) in [6.45, 7) is 2.15. The summed E-state index contributed by atoms with van der Waals surface area (Å²) in [4.78, 5) is 23.3. The molecule has 3 rings (SSSR count). The standard InChI is InChI=1S/C17H16O2.CH7O3P/c1-18-10-11-19-17-15-8-4-2-6-13(15)12-14-7-3-5-9-16(14)17;1-5(2,3)4/h2-9,12H,10-11H2,1H3;2-5H,1H3.